The van der Waals surface area contributed by atoms with Crippen LogP contribution in [0.5, 0.6) is 0 Å². The Balaban J connectivity index is 2.42. The van der Waals surface area contributed by atoms with Gasteiger partial charge in [-0.05, 0) is 49.7 Å². The van der Waals surface area contributed by atoms with Crippen LogP contribution in [0.4, 0.5) is 9.59 Å². The number of benzene rings is 2. The number of nitrogens with two attached hydrogens (primary N) is 2. The predicted molar refractivity (Wildman–Crippen MR) is 179 cm³/mol. The third kappa shape index (κ3) is 12.8. The Morgan fingerprint density at radius 1 is 0.625 bits per heavy atom. The van der Waals surface area contributed by atoms with Gasteiger partial charge in [-0.15, -0.1) is 0 Å². The van der Waals surface area contributed by atoms with Crippen LogP contribution in [-0.2, 0) is 32.3 Å². The van der Waals surface area contributed by atoms with Crippen molar-refractivity contribution in [2.45, 2.75) is 104 Å². The van der Waals surface area contributed by atoms with Gasteiger partial charge >= 0.3 is 12.2 Å². The number of ether oxygens (including phenoxy) is 2. The van der Waals surface area contributed by atoms with Crippen molar-refractivity contribution in [1.82, 2.24) is 20.9 Å². The van der Waals surface area contributed by atoms with Gasteiger partial charge in [-0.3, -0.25) is 9.59 Å². The average molecular weight is 673 g/mol. The van der Waals surface area contributed by atoms with Crippen molar-refractivity contribution in [2.75, 3.05) is 0 Å². The van der Waals surface area contributed by atoms with E-state index in [1.807, 2.05) is 39.8 Å². The molecule has 0 spiro atoms. The van der Waals surface area contributed by atoms with Crippen molar-refractivity contribution in [3.63, 3.8) is 0 Å². The molecule has 2 unspecified atom stereocenters. The smallest absolute Gasteiger partial charge is 0.426 e. The van der Waals surface area contributed by atoms with E-state index < -0.39 is 60.4 Å². The number of carbonyl (C=O) groups is 4. The van der Waals surface area contributed by atoms with Gasteiger partial charge in [-0.2, -0.15) is 0 Å². The molecule has 0 aliphatic heterocycles. The number of amides is 4. The minimum atomic E-state index is -1.77. The summed E-state index contributed by atoms with van der Waals surface area (Å²) in [6.07, 6.45) is -5.31. The molecule has 266 valence electrons. The molecule has 14 nitrogen and oxygen atoms in total. The fraction of sp³-hybridized carbons (Fsp3) is 0.529. The molecule has 0 saturated carbocycles. The van der Waals surface area contributed by atoms with Crippen molar-refractivity contribution in [3.05, 3.63) is 71.8 Å². The molecular weight excluding hydrogens is 620 g/mol. The van der Waals surface area contributed by atoms with Gasteiger partial charge in [0.1, 0.15) is 25.4 Å². The van der Waals surface area contributed by atoms with Gasteiger partial charge in [0, 0.05) is 0 Å². The summed E-state index contributed by atoms with van der Waals surface area (Å²) < 4.78 is 10.6. The number of hydrazine groups is 2. The molecule has 0 aliphatic carbocycles. The topological polar surface area (TPSA) is 210 Å². The standard InChI is InChI=1S/C34H52N6O8/c1-21(2)17-27(39(31(43)23(5)35)37-33(45)47-19-25-13-9-7-10-14-25)29(41)30(42)28(18-22(3)4)40(32(44)24(6)36)38-34(46)48-20-26-15-11-8-12-16-26/h7-16,21-24,27-30,41-42H,17-20,35-36H2,1-6H3,(H,37,45)(H,38,46)/t23-,24-,27-,28?,29+,30?/m0/s1. The van der Waals surface area contributed by atoms with Gasteiger partial charge in [0.15, 0.2) is 0 Å². The lowest BCUT2D eigenvalue weighted by atomic mass is 9.88. The highest BCUT2D eigenvalue weighted by molar-refractivity contribution is 5.84. The predicted octanol–water partition coefficient (Wildman–Crippen LogP) is 2.57. The van der Waals surface area contributed by atoms with Crippen LogP contribution >= 0.6 is 0 Å². The van der Waals surface area contributed by atoms with Gasteiger partial charge in [-0.25, -0.2) is 30.5 Å². The van der Waals surface area contributed by atoms with E-state index >= 15 is 0 Å². The van der Waals surface area contributed by atoms with Crippen molar-refractivity contribution >= 4 is 24.0 Å². The Kier molecular flexibility index (Phi) is 16.3. The third-order valence-electron chi connectivity index (χ3n) is 7.33. The van der Waals surface area contributed by atoms with Crippen molar-refractivity contribution in [1.29, 1.82) is 0 Å². The van der Waals surface area contributed by atoms with Crippen LogP contribution in [0.3, 0.4) is 0 Å². The zero-order valence-corrected chi connectivity index (χ0v) is 28.6. The highest BCUT2D eigenvalue weighted by atomic mass is 16.6. The van der Waals surface area contributed by atoms with Crippen LogP contribution in [-0.4, -0.2) is 80.6 Å². The quantitative estimate of drug-likeness (QED) is 0.152. The first-order valence-corrected chi connectivity index (χ1v) is 16.1. The SMILES string of the molecule is CC(C)CC(C(O)[C@H](O)[C@H](CC(C)C)N(NC(=O)OCc1ccccc1)C(=O)[C@H](C)N)N(NC(=O)OCc1ccccc1)C(=O)[C@H](C)N. The molecule has 6 atom stereocenters. The molecule has 0 saturated heterocycles. The zero-order chi connectivity index (χ0) is 36.0. The molecule has 4 amide bonds. The number of hydrogen-bond acceptors (Lipinski definition) is 10. The molecule has 0 heterocycles. The van der Waals surface area contributed by atoms with E-state index in [-0.39, 0.29) is 37.9 Å². The first-order chi connectivity index (χ1) is 22.6. The molecule has 14 heteroatoms. The van der Waals surface area contributed by atoms with Gasteiger partial charge in [0.25, 0.3) is 11.8 Å². The molecule has 2 rings (SSSR count). The highest BCUT2D eigenvalue weighted by Gasteiger charge is 2.43. The molecule has 0 aliphatic rings. The Morgan fingerprint density at radius 3 is 1.21 bits per heavy atom. The first kappa shape index (κ1) is 39.9. The Labute approximate surface area is 282 Å². The second-order valence-corrected chi connectivity index (χ2v) is 12.7. The molecule has 0 radical (unpaired) electrons. The maximum absolute atomic E-state index is 13.4. The molecule has 2 aromatic rings. The summed E-state index contributed by atoms with van der Waals surface area (Å²) in [5.74, 6) is -1.82. The lowest BCUT2D eigenvalue weighted by molar-refractivity contribution is -0.154. The van der Waals surface area contributed by atoms with E-state index in [1.54, 1.807) is 48.5 Å². The minimum Gasteiger partial charge on any atom is -0.443 e. The Bertz CT molecular complexity index is 1200. The Hall–Kier alpha value is -4.24. The molecule has 48 heavy (non-hydrogen) atoms. The fourth-order valence-corrected chi connectivity index (χ4v) is 4.97. The lowest BCUT2D eigenvalue weighted by Gasteiger charge is -2.42. The largest absolute Gasteiger partial charge is 0.443 e. The minimum absolute atomic E-state index is 0.0935. The van der Waals surface area contributed by atoms with E-state index in [2.05, 4.69) is 10.9 Å². The molecular formula is C34H52N6O8. The van der Waals surface area contributed by atoms with Crippen LogP contribution in [0.1, 0.15) is 65.5 Å². The summed E-state index contributed by atoms with van der Waals surface area (Å²) in [5.41, 5.74) is 18.1. The molecule has 0 bridgehead atoms. The van der Waals surface area contributed by atoms with Gasteiger partial charge in [0.05, 0.1) is 24.2 Å². The van der Waals surface area contributed by atoms with E-state index in [0.717, 1.165) is 10.0 Å². The normalized spacial score (nSPS) is 15.0. The van der Waals surface area contributed by atoms with Crippen LogP contribution in [0.15, 0.2) is 60.7 Å². The lowest BCUT2D eigenvalue weighted by Crippen LogP contribution is -2.66. The number of rotatable bonds is 15. The number of carbonyl (C=O) groups excluding carboxylic acids is 4. The van der Waals surface area contributed by atoms with Gasteiger partial charge in [-0.1, -0.05) is 88.4 Å². The summed E-state index contributed by atoms with van der Waals surface area (Å²) in [6, 6.07) is 13.1. The second kappa shape index (κ2) is 19.5. The highest BCUT2D eigenvalue weighted by Crippen LogP contribution is 2.24. The number of hydrogen-bond donors (Lipinski definition) is 6. The maximum atomic E-state index is 13.4. The van der Waals surface area contributed by atoms with Crippen LogP contribution in [0.25, 0.3) is 0 Å². The molecule has 0 aromatic heterocycles. The van der Waals surface area contributed by atoms with E-state index in [0.29, 0.717) is 11.1 Å². The van der Waals surface area contributed by atoms with Crippen molar-refractivity contribution < 1.29 is 38.9 Å². The van der Waals surface area contributed by atoms with Crippen LogP contribution in [0.2, 0.25) is 0 Å². The van der Waals surface area contributed by atoms with Crippen molar-refractivity contribution in [3.8, 4) is 0 Å². The first-order valence-electron chi connectivity index (χ1n) is 16.1. The van der Waals surface area contributed by atoms with E-state index in [1.165, 1.54) is 13.8 Å². The third-order valence-corrected chi connectivity index (χ3v) is 7.33. The van der Waals surface area contributed by atoms with E-state index in [4.69, 9.17) is 20.9 Å². The summed E-state index contributed by atoms with van der Waals surface area (Å²) in [6.45, 7) is 9.96. The van der Waals surface area contributed by atoms with Crippen molar-refractivity contribution in [2.24, 2.45) is 23.3 Å². The second-order valence-electron chi connectivity index (χ2n) is 12.7. The maximum Gasteiger partial charge on any atom is 0.426 e. The zero-order valence-electron chi connectivity index (χ0n) is 28.6. The Morgan fingerprint density at radius 2 is 0.938 bits per heavy atom. The monoisotopic (exact) mass is 672 g/mol. The van der Waals surface area contributed by atoms with E-state index in [9.17, 15) is 29.4 Å². The molecule has 8 N–H and O–H groups in total. The number of nitrogens with one attached hydrogen (secondary N) is 2. The van der Waals surface area contributed by atoms with Gasteiger partial charge < -0.3 is 31.2 Å². The summed E-state index contributed by atoms with van der Waals surface area (Å²) in [7, 11) is 0. The fourth-order valence-electron chi connectivity index (χ4n) is 4.97. The molecule has 0 fully saturated rings. The average Bonchev–Trinajstić information content (AvgIpc) is 3.05. The number of aliphatic hydroxyl groups is 2. The number of nitrogens with zero attached hydrogens (tertiary/aromatic N) is 2. The summed E-state index contributed by atoms with van der Waals surface area (Å²) >= 11 is 0. The summed E-state index contributed by atoms with van der Waals surface area (Å²) in [5, 5.41) is 25.3. The molecule has 2 aromatic carbocycles. The van der Waals surface area contributed by atoms with Gasteiger partial charge in [0.2, 0.25) is 0 Å². The van der Waals surface area contributed by atoms with Crippen LogP contribution < -0.4 is 22.3 Å². The summed E-state index contributed by atoms with van der Waals surface area (Å²) in [4.78, 5) is 52.7. The van der Waals surface area contributed by atoms with Crippen LogP contribution in [0, 0.1) is 11.8 Å². The number of aliphatic hydroxyl groups excluding tert-OH is 2.